The van der Waals surface area contributed by atoms with E-state index >= 15 is 0 Å². The van der Waals surface area contributed by atoms with Crippen LogP contribution >= 0.6 is 7.37 Å². The number of benzene rings is 2. The van der Waals surface area contributed by atoms with Gasteiger partial charge in [0.15, 0.2) is 6.10 Å². The molecule has 1 aliphatic rings. The Hall–Kier alpha value is -2.27. The van der Waals surface area contributed by atoms with Gasteiger partial charge in [-0.2, -0.15) is 9.28 Å². The molecule has 2 aromatic carbocycles. The molecule has 3 rings (SSSR count). The van der Waals surface area contributed by atoms with E-state index in [2.05, 4.69) is 0 Å². The van der Waals surface area contributed by atoms with Crippen LogP contribution in [0.2, 0.25) is 0 Å². The molecular weight excluding hydrogens is 377 g/mol. The lowest BCUT2D eigenvalue weighted by Gasteiger charge is -2.32. The molecule has 2 amide bonds. The fourth-order valence-corrected chi connectivity index (χ4v) is 6.10. The number of hydrogen-bond acceptors (Lipinski definition) is 4. The largest absolute Gasteiger partial charge is 0.521 e. The van der Waals surface area contributed by atoms with Crippen LogP contribution < -0.4 is 10.6 Å². The molecule has 0 saturated carbocycles. The molecule has 0 bridgehead atoms. The zero-order chi connectivity index (χ0) is 20.4. The van der Waals surface area contributed by atoms with Crippen LogP contribution in [0.1, 0.15) is 26.7 Å². The van der Waals surface area contributed by atoms with Crippen LogP contribution in [0.3, 0.4) is 0 Å². The van der Waals surface area contributed by atoms with Crippen molar-refractivity contribution in [3.8, 4) is 0 Å². The predicted molar refractivity (Wildman–Crippen MR) is 107 cm³/mol. The third-order valence-corrected chi connectivity index (χ3v) is 8.04. The smallest absolute Gasteiger partial charge is 0.435 e. The third-order valence-electron chi connectivity index (χ3n) is 5.47. The van der Waals surface area contributed by atoms with Crippen LogP contribution in [0.5, 0.6) is 0 Å². The van der Waals surface area contributed by atoms with Crippen molar-refractivity contribution in [2.45, 2.75) is 38.8 Å². The molecule has 2 aromatic rings. The van der Waals surface area contributed by atoms with E-state index < -0.39 is 30.0 Å². The lowest BCUT2D eigenvalue weighted by molar-refractivity contribution is -0.793. The molecule has 148 valence electrons. The molecule has 0 radical (unpaired) electrons. The molecule has 1 fully saturated rings. The first-order valence-electron chi connectivity index (χ1n) is 9.37. The number of quaternary nitrogens is 1. The van der Waals surface area contributed by atoms with Crippen molar-refractivity contribution in [1.29, 1.82) is 0 Å². The minimum Gasteiger partial charge on any atom is -0.435 e. The minimum atomic E-state index is -3.58. The summed E-state index contributed by atoms with van der Waals surface area (Å²) < 4.78 is 19.2. The topological polar surface area (TPSA) is 80.7 Å². The lowest BCUT2D eigenvalue weighted by Crippen LogP contribution is -2.61. The maximum Gasteiger partial charge on any atom is 0.521 e. The number of rotatable bonds is 5. The molecule has 7 heteroatoms. The van der Waals surface area contributed by atoms with Crippen LogP contribution in [0.4, 0.5) is 4.79 Å². The normalized spacial score (nSPS) is 23.3. The Kier molecular flexibility index (Phi) is 5.84. The summed E-state index contributed by atoms with van der Waals surface area (Å²) in [7, 11) is -3.58. The minimum absolute atomic E-state index is 0.226. The Morgan fingerprint density at radius 3 is 1.96 bits per heavy atom. The second kappa shape index (κ2) is 8.00. The van der Waals surface area contributed by atoms with Crippen molar-refractivity contribution < 1.29 is 28.3 Å². The Balaban J connectivity index is 1.99. The lowest BCUT2D eigenvalue weighted by atomic mass is 10.2. The summed E-state index contributed by atoms with van der Waals surface area (Å²) >= 11 is 0. The highest BCUT2D eigenvalue weighted by molar-refractivity contribution is 7.74. The van der Waals surface area contributed by atoms with Gasteiger partial charge in [0.1, 0.15) is 6.04 Å². The maximum absolute atomic E-state index is 14.0. The quantitative estimate of drug-likeness (QED) is 0.611. The van der Waals surface area contributed by atoms with Gasteiger partial charge in [0.25, 0.3) is 7.37 Å². The standard InChI is InChI=1S/C21H24NO5P/c1-16-10-9-15-22(16,21(24)25)20(23)17(2)27-28(26,18-11-5-3-6-12-18)19-13-7-4-8-14-19/h3-8,11-14,16-17H,9-10,15H2,1-2H3/p+1/t16-,17?,22?/m1/s1. The van der Waals surface area contributed by atoms with E-state index in [0.717, 1.165) is 0 Å². The molecular formula is C21H25NO5P+. The first kappa shape index (κ1) is 20.5. The molecule has 6 nitrogen and oxygen atoms in total. The Morgan fingerprint density at radius 1 is 1.07 bits per heavy atom. The van der Waals surface area contributed by atoms with Crippen molar-refractivity contribution in [3.63, 3.8) is 0 Å². The van der Waals surface area contributed by atoms with Gasteiger partial charge in [0, 0.05) is 23.5 Å². The number of hydrogen-bond donors (Lipinski definition) is 1. The van der Waals surface area contributed by atoms with Crippen molar-refractivity contribution in [2.24, 2.45) is 0 Å². The highest BCUT2D eigenvalue weighted by atomic mass is 31.2. The second-order valence-corrected chi connectivity index (χ2v) is 9.52. The van der Waals surface area contributed by atoms with E-state index in [4.69, 9.17) is 4.52 Å². The Bertz CT molecular complexity index is 858. The zero-order valence-electron chi connectivity index (χ0n) is 16.0. The number of carbonyl (C=O) groups is 2. The third kappa shape index (κ3) is 3.44. The van der Waals surface area contributed by atoms with Gasteiger partial charge < -0.3 is 9.63 Å². The summed E-state index contributed by atoms with van der Waals surface area (Å²) in [4.78, 5) is 25.2. The number of carboxylic acid groups (broad SMARTS) is 1. The van der Waals surface area contributed by atoms with Gasteiger partial charge in [-0.1, -0.05) is 36.4 Å². The number of carbonyl (C=O) groups excluding carboxylic acids is 1. The monoisotopic (exact) mass is 402 g/mol. The van der Waals surface area contributed by atoms with Crippen LogP contribution in [0, 0.1) is 0 Å². The second-order valence-electron chi connectivity index (χ2n) is 7.17. The molecule has 0 aromatic heterocycles. The summed E-state index contributed by atoms with van der Waals surface area (Å²) in [6, 6.07) is 17.1. The van der Waals surface area contributed by atoms with Gasteiger partial charge in [-0.3, -0.25) is 4.57 Å². The molecule has 2 unspecified atom stereocenters. The average Bonchev–Trinajstić information content (AvgIpc) is 3.11. The fourth-order valence-electron chi connectivity index (χ4n) is 3.89. The SMILES string of the molecule is CC(OP(=O)(c1ccccc1)c1ccccc1)C(=O)[N+]1(C(=O)O)CCC[C@H]1C. The van der Waals surface area contributed by atoms with Crippen molar-refractivity contribution in [1.82, 2.24) is 0 Å². The van der Waals surface area contributed by atoms with Gasteiger partial charge in [-0.15, -0.1) is 0 Å². The molecule has 3 atom stereocenters. The Morgan fingerprint density at radius 2 is 1.57 bits per heavy atom. The van der Waals surface area contributed by atoms with Crippen LogP contribution in [-0.2, 0) is 13.9 Å². The first-order chi connectivity index (χ1) is 13.3. The van der Waals surface area contributed by atoms with E-state index in [0.29, 0.717) is 23.5 Å². The predicted octanol–water partition coefficient (Wildman–Crippen LogP) is 3.52. The summed E-state index contributed by atoms with van der Waals surface area (Å²) in [5.41, 5.74) is 0. The summed E-state index contributed by atoms with van der Waals surface area (Å²) in [6.07, 6.45) is -1.01. The number of amides is 2. The van der Waals surface area contributed by atoms with Crippen LogP contribution in [0.15, 0.2) is 60.7 Å². The van der Waals surface area contributed by atoms with Crippen LogP contribution in [-0.4, -0.2) is 40.3 Å². The van der Waals surface area contributed by atoms with Crippen molar-refractivity contribution in [3.05, 3.63) is 60.7 Å². The average molecular weight is 402 g/mol. The maximum atomic E-state index is 14.0. The fraction of sp³-hybridized carbons (Fsp3) is 0.333. The van der Waals surface area contributed by atoms with Crippen molar-refractivity contribution >= 4 is 30.0 Å². The van der Waals surface area contributed by atoms with E-state index in [1.54, 1.807) is 55.5 Å². The Labute approximate surface area is 164 Å². The molecule has 28 heavy (non-hydrogen) atoms. The number of likely N-dealkylation sites (tertiary alicyclic amines) is 1. The van der Waals surface area contributed by atoms with Gasteiger partial charge in [-0.05, 0) is 38.1 Å². The first-order valence-corrected chi connectivity index (χ1v) is 11.0. The van der Waals surface area contributed by atoms with E-state index in [1.807, 2.05) is 12.1 Å². The molecule has 1 aliphatic heterocycles. The molecule has 0 aliphatic carbocycles. The highest BCUT2D eigenvalue weighted by Crippen LogP contribution is 2.46. The zero-order valence-corrected chi connectivity index (χ0v) is 16.9. The van der Waals surface area contributed by atoms with Gasteiger partial charge in [-0.25, -0.2) is 4.79 Å². The summed E-state index contributed by atoms with van der Waals surface area (Å²) in [5.74, 6) is -0.565. The van der Waals surface area contributed by atoms with E-state index in [1.165, 1.54) is 6.92 Å². The van der Waals surface area contributed by atoms with E-state index in [-0.39, 0.29) is 12.6 Å². The number of imide groups is 1. The summed E-state index contributed by atoms with van der Waals surface area (Å²) in [6.45, 7) is 3.48. The van der Waals surface area contributed by atoms with Crippen LogP contribution in [0.25, 0.3) is 0 Å². The van der Waals surface area contributed by atoms with Gasteiger partial charge in [0.05, 0.1) is 6.54 Å². The highest BCUT2D eigenvalue weighted by Gasteiger charge is 2.55. The molecule has 1 saturated heterocycles. The van der Waals surface area contributed by atoms with Crippen molar-refractivity contribution in [2.75, 3.05) is 6.54 Å². The van der Waals surface area contributed by atoms with E-state index in [9.17, 15) is 19.3 Å². The van der Waals surface area contributed by atoms with Gasteiger partial charge >= 0.3 is 12.0 Å². The molecule has 1 N–H and O–H groups in total. The molecule has 0 spiro atoms. The number of nitrogens with zero attached hydrogens (tertiary/aromatic N) is 1. The van der Waals surface area contributed by atoms with Gasteiger partial charge in [0.2, 0.25) is 0 Å². The summed E-state index contributed by atoms with van der Waals surface area (Å²) in [5, 5.41) is 10.8. The molecule has 1 heterocycles.